The van der Waals surface area contributed by atoms with Crippen molar-refractivity contribution in [2.24, 2.45) is 5.92 Å². The van der Waals surface area contributed by atoms with E-state index in [1.165, 1.54) is 0 Å². The average Bonchev–Trinajstić information content (AvgIpc) is 3.45. The molecule has 32 heavy (non-hydrogen) atoms. The molecular weight excluding hydrogens is 406 g/mol. The van der Waals surface area contributed by atoms with Crippen LogP contribution in [0.15, 0.2) is 51.4 Å². The molecule has 0 radical (unpaired) electrons. The first-order valence-electron chi connectivity index (χ1n) is 11.3. The van der Waals surface area contributed by atoms with Gasteiger partial charge in [-0.2, -0.15) is 0 Å². The minimum atomic E-state index is -0.260. The number of aromatic nitrogens is 1. The van der Waals surface area contributed by atoms with Gasteiger partial charge in [-0.15, -0.1) is 0 Å². The third-order valence-electron chi connectivity index (χ3n) is 6.00. The summed E-state index contributed by atoms with van der Waals surface area (Å²) in [4.78, 5) is 15.2. The summed E-state index contributed by atoms with van der Waals surface area (Å²) in [6.45, 7) is 9.22. The SMILES string of the molecule is CCOc1ccc(-c2cc(C(=O)NC[C@@H](c3ccc(C)o3)N3CCC(C)CC3)no2)cc1. The van der Waals surface area contributed by atoms with Crippen molar-refractivity contribution in [1.29, 1.82) is 0 Å². The Balaban J connectivity index is 1.42. The average molecular weight is 438 g/mol. The van der Waals surface area contributed by atoms with E-state index in [-0.39, 0.29) is 17.6 Å². The van der Waals surface area contributed by atoms with Crippen molar-refractivity contribution in [3.05, 3.63) is 59.7 Å². The fourth-order valence-corrected chi connectivity index (χ4v) is 4.06. The second kappa shape index (κ2) is 10.0. The smallest absolute Gasteiger partial charge is 0.273 e. The van der Waals surface area contributed by atoms with E-state index in [4.69, 9.17) is 13.7 Å². The summed E-state index contributed by atoms with van der Waals surface area (Å²) < 4.78 is 16.8. The molecule has 1 amide bonds. The van der Waals surface area contributed by atoms with Gasteiger partial charge in [-0.3, -0.25) is 9.69 Å². The summed E-state index contributed by atoms with van der Waals surface area (Å²) in [5.74, 6) is 3.56. The lowest BCUT2D eigenvalue weighted by Gasteiger charge is -2.35. The standard InChI is InChI=1S/C25H31N3O4/c1-4-30-20-8-6-19(7-9-20)24-15-21(27-32-24)25(29)26-16-22(23-10-5-18(3)31-23)28-13-11-17(2)12-14-28/h5-10,15,17,22H,4,11-14,16H2,1-3H3,(H,26,29)/t22-/m0/s1. The molecule has 0 spiro atoms. The first-order valence-corrected chi connectivity index (χ1v) is 11.3. The second-order valence-electron chi connectivity index (χ2n) is 8.43. The van der Waals surface area contributed by atoms with Crippen LogP contribution in [0.1, 0.15) is 54.7 Å². The van der Waals surface area contributed by atoms with Crippen molar-refractivity contribution < 1.29 is 18.5 Å². The molecule has 1 aliphatic rings. The zero-order valence-corrected chi connectivity index (χ0v) is 19.0. The van der Waals surface area contributed by atoms with E-state index in [1.54, 1.807) is 6.07 Å². The molecule has 0 bridgehead atoms. The van der Waals surface area contributed by atoms with E-state index in [9.17, 15) is 4.79 Å². The van der Waals surface area contributed by atoms with Gasteiger partial charge in [0.1, 0.15) is 17.3 Å². The van der Waals surface area contributed by atoms with Crippen molar-refractivity contribution in [2.75, 3.05) is 26.2 Å². The monoisotopic (exact) mass is 437 g/mol. The molecule has 3 aromatic rings. The van der Waals surface area contributed by atoms with Gasteiger partial charge in [-0.1, -0.05) is 12.1 Å². The summed E-state index contributed by atoms with van der Waals surface area (Å²) in [5.41, 5.74) is 1.10. The second-order valence-corrected chi connectivity index (χ2v) is 8.43. The molecule has 1 fully saturated rings. The molecule has 1 N–H and O–H groups in total. The number of piperidine rings is 1. The van der Waals surface area contributed by atoms with Gasteiger partial charge in [0, 0.05) is 18.2 Å². The van der Waals surface area contributed by atoms with E-state index < -0.39 is 0 Å². The maximum atomic E-state index is 12.8. The van der Waals surface area contributed by atoms with Crippen molar-refractivity contribution in [3.8, 4) is 17.1 Å². The van der Waals surface area contributed by atoms with E-state index in [0.29, 0.717) is 18.9 Å². The lowest BCUT2D eigenvalue weighted by Crippen LogP contribution is -2.41. The molecule has 1 saturated heterocycles. The van der Waals surface area contributed by atoms with Crippen molar-refractivity contribution in [1.82, 2.24) is 15.4 Å². The molecule has 170 valence electrons. The van der Waals surface area contributed by atoms with Gasteiger partial charge in [-0.25, -0.2) is 0 Å². The Hall–Kier alpha value is -3.06. The lowest BCUT2D eigenvalue weighted by molar-refractivity contribution is 0.0887. The van der Waals surface area contributed by atoms with Crippen LogP contribution in [0.5, 0.6) is 5.75 Å². The van der Waals surface area contributed by atoms with Crippen molar-refractivity contribution >= 4 is 5.91 Å². The number of carbonyl (C=O) groups is 1. The summed E-state index contributed by atoms with van der Waals surface area (Å²) >= 11 is 0. The predicted octanol–water partition coefficient (Wildman–Crippen LogP) is 4.84. The van der Waals surface area contributed by atoms with E-state index in [0.717, 1.165) is 54.7 Å². The molecule has 0 saturated carbocycles. The van der Waals surface area contributed by atoms with Gasteiger partial charge in [0.05, 0.1) is 12.6 Å². The molecule has 1 aromatic carbocycles. The van der Waals surface area contributed by atoms with Crippen LogP contribution < -0.4 is 10.1 Å². The fraction of sp³-hybridized carbons (Fsp3) is 0.440. The minimum absolute atomic E-state index is 0.00219. The number of amides is 1. The number of benzene rings is 1. The number of hydrogen-bond donors (Lipinski definition) is 1. The van der Waals surface area contributed by atoms with Gasteiger partial charge in [0.2, 0.25) is 0 Å². The Morgan fingerprint density at radius 2 is 1.97 bits per heavy atom. The highest BCUT2D eigenvalue weighted by Crippen LogP contribution is 2.28. The Bertz CT molecular complexity index is 1020. The number of rotatable bonds is 8. The number of nitrogens with one attached hydrogen (secondary N) is 1. The summed E-state index contributed by atoms with van der Waals surface area (Å²) in [6, 6.07) is 13.2. The fourth-order valence-electron chi connectivity index (χ4n) is 4.06. The molecule has 7 nitrogen and oxygen atoms in total. The Labute approximate surface area is 188 Å². The molecule has 0 aliphatic carbocycles. The van der Waals surface area contributed by atoms with E-state index >= 15 is 0 Å². The largest absolute Gasteiger partial charge is 0.494 e. The molecule has 1 aliphatic heterocycles. The van der Waals surface area contributed by atoms with Gasteiger partial charge in [0.25, 0.3) is 5.91 Å². The molecule has 0 unspecified atom stereocenters. The highest BCUT2D eigenvalue weighted by Gasteiger charge is 2.27. The van der Waals surface area contributed by atoms with Crippen LogP contribution in [0.3, 0.4) is 0 Å². The maximum Gasteiger partial charge on any atom is 0.273 e. The molecule has 3 heterocycles. The van der Waals surface area contributed by atoms with E-state index in [1.807, 2.05) is 50.2 Å². The van der Waals surface area contributed by atoms with Crippen LogP contribution in [0.2, 0.25) is 0 Å². The Morgan fingerprint density at radius 1 is 1.22 bits per heavy atom. The van der Waals surface area contributed by atoms with Crippen molar-refractivity contribution in [3.63, 3.8) is 0 Å². The minimum Gasteiger partial charge on any atom is -0.494 e. The van der Waals surface area contributed by atoms with Crippen LogP contribution in [0.25, 0.3) is 11.3 Å². The first kappa shape index (κ1) is 22.1. The molecular formula is C25H31N3O4. The van der Waals surface area contributed by atoms with Crippen LogP contribution in [0, 0.1) is 12.8 Å². The van der Waals surface area contributed by atoms with Gasteiger partial charge in [-0.05, 0) is 82.1 Å². The van der Waals surface area contributed by atoms with Crippen LogP contribution >= 0.6 is 0 Å². The predicted molar refractivity (Wildman–Crippen MR) is 122 cm³/mol. The Morgan fingerprint density at radius 3 is 2.62 bits per heavy atom. The number of hydrogen-bond acceptors (Lipinski definition) is 6. The third-order valence-corrected chi connectivity index (χ3v) is 6.00. The number of nitrogens with zero attached hydrogens (tertiary/aromatic N) is 2. The number of likely N-dealkylation sites (tertiary alicyclic amines) is 1. The van der Waals surface area contributed by atoms with Gasteiger partial charge < -0.3 is 19.0 Å². The highest BCUT2D eigenvalue weighted by atomic mass is 16.5. The molecule has 1 atom stereocenters. The van der Waals surface area contributed by atoms with E-state index in [2.05, 4.69) is 22.3 Å². The summed E-state index contributed by atoms with van der Waals surface area (Å²) in [6.07, 6.45) is 2.30. The van der Waals surface area contributed by atoms with Crippen LogP contribution in [-0.4, -0.2) is 42.2 Å². The zero-order chi connectivity index (χ0) is 22.5. The molecule has 4 rings (SSSR count). The molecule has 2 aromatic heterocycles. The van der Waals surface area contributed by atoms with Gasteiger partial charge >= 0.3 is 0 Å². The number of furan rings is 1. The highest BCUT2D eigenvalue weighted by molar-refractivity contribution is 5.93. The number of carbonyl (C=O) groups excluding carboxylic acids is 1. The third kappa shape index (κ3) is 5.22. The lowest BCUT2D eigenvalue weighted by atomic mass is 9.97. The van der Waals surface area contributed by atoms with Gasteiger partial charge in [0.15, 0.2) is 11.5 Å². The summed E-state index contributed by atoms with van der Waals surface area (Å²) in [7, 11) is 0. The van der Waals surface area contributed by atoms with Crippen molar-refractivity contribution in [2.45, 2.75) is 39.7 Å². The quantitative estimate of drug-likeness (QED) is 0.543. The maximum absolute atomic E-state index is 12.8. The van der Waals surface area contributed by atoms with Crippen LogP contribution in [-0.2, 0) is 0 Å². The topological polar surface area (TPSA) is 80.7 Å². The first-order chi connectivity index (χ1) is 15.5. The summed E-state index contributed by atoms with van der Waals surface area (Å²) in [5, 5.41) is 7.00. The van der Waals surface area contributed by atoms with Crippen LogP contribution in [0.4, 0.5) is 0 Å². The Kier molecular flexibility index (Phi) is 6.95. The number of ether oxygens (including phenoxy) is 1. The zero-order valence-electron chi connectivity index (χ0n) is 19.0. The molecule has 7 heteroatoms. The number of aryl methyl sites for hydroxylation is 1. The normalized spacial score (nSPS) is 16.1.